The molecule has 1 aromatic carbocycles. The molecule has 0 bridgehead atoms. The Labute approximate surface area is 155 Å². The van der Waals surface area contributed by atoms with Crippen LogP contribution in [0.25, 0.3) is 0 Å². The smallest absolute Gasteiger partial charge is 0.309 e. The number of carbonyl (C=O) groups is 2. The van der Waals surface area contributed by atoms with Crippen LogP contribution in [0.3, 0.4) is 0 Å². The van der Waals surface area contributed by atoms with Gasteiger partial charge in [-0.05, 0) is 51.0 Å². The molecule has 1 aromatic rings. The Hall–Kier alpha value is -1.88. The first-order valence-corrected chi connectivity index (χ1v) is 9.63. The summed E-state index contributed by atoms with van der Waals surface area (Å²) in [6, 6.07) is 6.44. The molecule has 26 heavy (non-hydrogen) atoms. The van der Waals surface area contributed by atoms with Gasteiger partial charge >= 0.3 is 5.97 Å². The van der Waals surface area contributed by atoms with Crippen molar-refractivity contribution in [1.82, 2.24) is 4.90 Å². The molecule has 5 nitrogen and oxygen atoms in total. The number of carboxylic acid groups (broad SMARTS) is 1. The minimum atomic E-state index is -0.751. The largest absolute Gasteiger partial charge is 0.481 e. The molecule has 1 unspecified atom stereocenters. The number of likely N-dealkylation sites (tertiary alicyclic amines) is 1. The molecular weight excluding hydrogens is 330 g/mol. The summed E-state index contributed by atoms with van der Waals surface area (Å²) in [6.45, 7) is 6.12. The zero-order chi connectivity index (χ0) is 18.7. The third-order valence-electron chi connectivity index (χ3n) is 5.72. The number of aliphatic carboxylic acids is 1. The molecule has 0 spiro atoms. The van der Waals surface area contributed by atoms with Crippen molar-refractivity contribution < 1.29 is 19.4 Å². The van der Waals surface area contributed by atoms with E-state index in [2.05, 4.69) is 32.0 Å². The summed E-state index contributed by atoms with van der Waals surface area (Å²) in [5.74, 6) is -0.682. The number of rotatable bonds is 5. The summed E-state index contributed by atoms with van der Waals surface area (Å²) >= 11 is 0. The summed E-state index contributed by atoms with van der Waals surface area (Å²) < 4.78 is 5.71. The van der Waals surface area contributed by atoms with Crippen LogP contribution in [0.15, 0.2) is 18.2 Å². The van der Waals surface area contributed by atoms with Crippen LogP contribution in [0.1, 0.15) is 42.4 Å². The van der Waals surface area contributed by atoms with E-state index in [0.29, 0.717) is 32.5 Å². The van der Waals surface area contributed by atoms with E-state index in [1.807, 2.05) is 4.90 Å². The molecule has 142 valence electrons. The number of carbonyl (C=O) groups excluding carboxylic acids is 1. The molecule has 3 rings (SSSR count). The molecule has 5 heteroatoms. The zero-order valence-electron chi connectivity index (χ0n) is 15.7. The maximum absolute atomic E-state index is 12.5. The molecule has 1 N–H and O–H groups in total. The van der Waals surface area contributed by atoms with Gasteiger partial charge in [0.1, 0.15) is 0 Å². The Morgan fingerprint density at radius 2 is 1.77 bits per heavy atom. The molecule has 0 radical (unpaired) electrons. The molecule has 2 saturated heterocycles. The number of nitrogens with zero attached hydrogens (tertiary/aromatic N) is 1. The molecule has 2 aliphatic heterocycles. The highest BCUT2D eigenvalue weighted by molar-refractivity contribution is 5.76. The number of piperidine rings is 1. The lowest BCUT2D eigenvalue weighted by Crippen LogP contribution is -2.43. The van der Waals surface area contributed by atoms with Gasteiger partial charge in [0.25, 0.3) is 0 Å². The number of hydrogen-bond acceptors (Lipinski definition) is 3. The van der Waals surface area contributed by atoms with Crippen LogP contribution in [0.5, 0.6) is 0 Å². The maximum atomic E-state index is 12.5. The summed E-state index contributed by atoms with van der Waals surface area (Å²) in [5, 5.41) is 9.33. The average molecular weight is 359 g/mol. The normalized spacial score (nSPS) is 24.0. The van der Waals surface area contributed by atoms with E-state index >= 15 is 0 Å². The highest BCUT2D eigenvalue weighted by Gasteiger charge is 2.40. The topological polar surface area (TPSA) is 66.8 Å². The van der Waals surface area contributed by atoms with Crippen molar-refractivity contribution in [3.05, 3.63) is 34.9 Å². The van der Waals surface area contributed by atoms with Crippen molar-refractivity contribution in [3.8, 4) is 0 Å². The number of benzene rings is 1. The number of ether oxygens (including phenoxy) is 1. The molecule has 2 atom stereocenters. The van der Waals surface area contributed by atoms with E-state index in [1.54, 1.807) is 0 Å². The van der Waals surface area contributed by atoms with Gasteiger partial charge in [-0.3, -0.25) is 9.59 Å². The van der Waals surface area contributed by atoms with Crippen molar-refractivity contribution in [2.75, 3.05) is 19.7 Å². The van der Waals surface area contributed by atoms with E-state index in [9.17, 15) is 14.7 Å². The van der Waals surface area contributed by atoms with Gasteiger partial charge < -0.3 is 14.7 Å². The molecule has 1 amide bonds. The third kappa shape index (κ3) is 4.44. The van der Waals surface area contributed by atoms with Crippen LogP contribution in [0.2, 0.25) is 0 Å². The molecule has 2 heterocycles. The number of carboxylic acids is 1. The molecular formula is C21H29NO4. The SMILES string of the molecule is Cc1cc(C)cc(CCC(=O)N2CCC([C@@H]3OCCC3C(=O)O)CC2)c1. The summed E-state index contributed by atoms with van der Waals surface area (Å²) in [6.07, 6.45) is 3.40. The Morgan fingerprint density at radius 1 is 1.12 bits per heavy atom. The fourth-order valence-electron chi connectivity index (χ4n) is 4.44. The highest BCUT2D eigenvalue weighted by atomic mass is 16.5. The van der Waals surface area contributed by atoms with Gasteiger partial charge in [0.05, 0.1) is 12.0 Å². The average Bonchev–Trinajstić information content (AvgIpc) is 3.09. The zero-order valence-corrected chi connectivity index (χ0v) is 15.7. The van der Waals surface area contributed by atoms with Crippen LogP contribution in [0, 0.1) is 25.7 Å². The van der Waals surface area contributed by atoms with Crippen LogP contribution >= 0.6 is 0 Å². The third-order valence-corrected chi connectivity index (χ3v) is 5.72. The van der Waals surface area contributed by atoms with Gasteiger partial charge in [0.15, 0.2) is 0 Å². The molecule has 0 aliphatic carbocycles. The summed E-state index contributed by atoms with van der Waals surface area (Å²) in [4.78, 5) is 25.8. The van der Waals surface area contributed by atoms with Gasteiger partial charge in [0, 0.05) is 26.1 Å². The first-order valence-electron chi connectivity index (χ1n) is 9.63. The van der Waals surface area contributed by atoms with Crippen molar-refractivity contribution in [2.45, 2.75) is 52.1 Å². The molecule has 0 aromatic heterocycles. The lowest BCUT2D eigenvalue weighted by atomic mass is 9.84. The van der Waals surface area contributed by atoms with E-state index < -0.39 is 5.97 Å². The summed E-state index contributed by atoms with van der Waals surface area (Å²) in [7, 11) is 0. The number of aryl methyl sites for hydroxylation is 3. The summed E-state index contributed by atoms with van der Waals surface area (Å²) in [5.41, 5.74) is 3.69. The molecule has 2 aliphatic rings. The van der Waals surface area contributed by atoms with Gasteiger partial charge in [-0.2, -0.15) is 0 Å². The predicted octanol–water partition coefficient (Wildman–Crippen LogP) is 2.96. The minimum absolute atomic E-state index is 0.181. The van der Waals surface area contributed by atoms with Gasteiger partial charge in [0.2, 0.25) is 5.91 Å². The quantitative estimate of drug-likeness (QED) is 0.878. The first-order chi connectivity index (χ1) is 12.4. The second-order valence-electron chi connectivity index (χ2n) is 7.78. The fourth-order valence-corrected chi connectivity index (χ4v) is 4.44. The lowest BCUT2D eigenvalue weighted by Gasteiger charge is -2.35. The van der Waals surface area contributed by atoms with E-state index in [-0.39, 0.29) is 23.8 Å². The van der Waals surface area contributed by atoms with Crippen LogP contribution < -0.4 is 0 Å². The van der Waals surface area contributed by atoms with Crippen molar-refractivity contribution in [2.24, 2.45) is 11.8 Å². The van der Waals surface area contributed by atoms with Crippen LogP contribution in [-0.2, 0) is 20.7 Å². The van der Waals surface area contributed by atoms with Crippen molar-refractivity contribution >= 4 is 11.9 Å². The maximum Gasteiger partial charge on any atom is 0.309 e. The molecule has 0 saturated carbocycles. The van der Waals surface area contributed by atoms with Crippen molar-refractivity contribution in [3.63, 3.8) is 0 Å². The standard InChI is InChI=1S/C21H29NO4/c1-14-11-15(2)13-16(12-14)3-4-19(23)22-8-5-17(6-9-22)20-18(21(24)25)7-10-26-20/h11-13,17-18,20H,3-10H2,1-2H3,(H,24,25)/t18?,20-/m0/s1. The first kappa shape index (κ1) is 18.9. The second-order valence-corrected chi connectivity index (χ2v) is 7.78. The highest BCUT2D eigenvalue weighted by Crippen LogP contribution is 2.33. The van der Waals surface area contributed by atoms with Crippen molar-refractivity contribution in [1.29, 1.82) is 0 Å². The minimum Gasteiger partial charge on any atom is -0.481 e. The Balaban J connectivity index is 1.48. The lowest BCUT2D eigenvalue weighted by molar-refractivity contribution is -0.146. The molecule has 2 fully saturated rings. The fraction of sp³-hybridized carbons (Fsp3) is 0.619. The Kier molecular flexibility index (Phi) is 5.97. The van der Waals surface area contributed by atoms with Gasteiger partial charge in [-0.1, -0.05) is 29.3 Å². The van der Waals surface area contributed by atoms with Crippen LogP contribution in [-0.4, -0.2) is 47.7 Å². The second kappa shape index (κ2) is 8.21. The number of amides is 1. The van der Waals surface area contributed by atoms with Gasteiger partial charge in [-0.25, -0.2) is 0 Å². The van der Waals surface area contributed by atoms with Crippen LogP contribution in [0.4, 0.5) is 0 Å². The van der Waals surface area contributed by atoms with E-state index in [0.717, 1.165) is 19.3 Å². The monoisotopic (exact) mass is 359 g/mol. The van der Waals surface area contributed by atoms with Gasteiger partial charge in [-0.15, -0.1) is 0 Å². The predicted molar refractivity (Wildman–Crippen MR) is 99.0 cm³/mol. The van der Waals surface area contributed by atoms with E-state index in [4.69, 9.17) is 4.74 Å². The number of hydrogen-bond donors (Lipinski definition) is 1. The Morgan fingerprint density at radius 3 is 2.38 bits per heavy atom. The van der Waals surface area contributed by atoms with E-state index in [1.165, 1.54) is 16.7 Å². The Bertz CT molecular complexity index is 644.